The zero-order valence-corrected chi connectivity index (χ0v) is 72.7. The van der Waals surface area contributed by atoms with Gasteiger partial charge in [0.2, 0.25) is 0 Å². The fourth-order valence-corrected chi connectivity index (χ4v) is 27.1. The summed E-state index contributed by atoms with van der Waals surface area (Å²) in [6.07, 6.45) is 37.1. The van der Waals surface area contributed by atoms with Gasteiger partial charge in [0.1, 0.15) is 0 Å². The molecule has 0 radical (unpaired) electrons. The Morgan fingerprint density at radius 1 is 0.264 bits per heavy atom. The van der Waals surface area contributed by atoms with Gasteiger partial charge in [0, 0.05) is 78.7 Å². The molecule has 0 spiro atoms. The lowest BCUT2D eigenvalue weighted by atomic mass is 9.65. The van der Waals surface area contributed by atoms with Crippen LogP contribution in [0.15, 0.2) is 194 Å². The third-order valence-corrected chi connectivity index (χ3v) is 33.7. The SMILES string of the molecule is CCCCCCc1ccc(C2(c3ccc(C)cc3)c3cc4c(cc3-c3sc(C)cc32)C(c2ccc(CCCCCC)cc2)(c2ccc(CCCCCC)cc2)c2cc(-c3ccc(-c5sc(-c6cc(C7=CC=C(c8ccc(CCCCCC)s8)C7)c(C)s6)cc5-c5ccc(-c6ccc(CCCCCC)s6)s5)s3)sc2-4)cc1. The zero-order valence-electron chi connectivity index (χ0n) is 66.1. The Labute approximate surface area is 689 Å². The minimum atomic E-state index is -0.590. The lowest BCUT2D eigenvalue weighted by molar-refractivity contribution is 0.666. The molecule has 0 amide bonds. The Balaban J connectivity index is 0.835. The second-order valence-electron chi connectivity index (χ2n) is 31.8. The number of hydrogen-bond donors (Lipinski definition) is 0. The average Bonchev–Trinajstić information content (AvgIpc) is 1.50. The molecule has 1 unspecified atom stereocenters. The molecule has 16 rings (SSSR count). The van der Waals surface area contributed by atoms with Crippen molar-refractivity contribution in [2.45, 2.75) is 233 Å². The molecular weight excluding hydrogens is 1480 g/mol. The molecule has 0 nitrogen and oxygen atoms in total. The van der Waals surface area contributed by atoms with E-state index in [1.807, 2.05) is 90.7 Å². The molecule has 0 saturated carbocycles. The molecule has 13 aromatic rings. The van der Waals surface area contributed by atoms with Crippen LogP contribution in [0.2, 0.25) is 0 Å². The molecule has 8 heteroatoms. The van der Waals surface area contributed by atoms with Crippen molar-refractivity contribution >= 4 is 102 Å². The van der Waals surface area contributed by atoms with Crippen LogP contribution in [0.3, 0.4) is 0 Å². The Morgan fingerprint density at radius 3 is 1.19 bits per heavy atom. The number of thiophene rings is 8. The predicted molar refractivity (Wildman–Crippen MR) is 492 cm³/mol. The standard InChI is InChI=1S/C102H108S8/c1-9-14-19-24-29-70-36-46-76(47-37-70)101(75-44-34-67(6)35-45-75)85-63-83-86(62-82(85)98-87(101)60-68(7)103-98)102(77-48-38-71(39-49-77)30-25-20-15-10-2,78-50-40-72(41-51-78)31-26-21-16-11-3)88-66-97(109-99(83)88)93-58-59-94(108-93)100-84(90-56-57-92(107-90)91-55-53-80(106-91)33-28-23-18-13-5)65-96(110-100)95-64-81(69(8)104-95)73-42-43-74(61-73)89-54-52-79(105-89)32-27-22-17-12-4/h34-60,62-66H,9-33,61H2,1-8H3. The fraction of sp³-hybridized carbons (Fsp3) is 0.353. The smallest absolute Gasteiger partial charge is 0.0722 e. The van der Waals surface area contributed by atoms with Gasteiger partial charge in [-0.15, -0.1) is 90.7 Å². The first-order valence-corrected chi connectivity index (χ1v) is 48.4. The van der Waals surface area contributed by atoms with Crippen molar-refractivity contribution in [1.29, 1.82) is 0 Å². The summed E-state index contributed by atoms with van der Waals surface area (Å²) in [6.45, 7) is 18.5. The number of aryl methyl sites for hydroxylation is 8. The largest absolute Gasteiger partial charge is 0.141 e. The normalized spacial score (nSPS) is 14.7. The highest BCUT2D eigenvalue weighted by Gasteiger charge is 2.53. The van der Waals surface area contributed by atoms with E-state index in [1.54, 1.807) is 0 Å². The first-order valence-electron chi connectivity index (χ1n) is 41.8. The van der Waals surface area contributed by atoms with Crippen molar-refractivity contribution in [2.24, 2.45) is 0 Å². The van der Waals surface area contributed by atoms with Gasteiger partial charge >= 0.3 is 0 Å². The summed E-state index contributed by atoms with van der Waals surface area (Å²) >= 11 is 16.0. The van der Waals surface area contributed by atoms with E-state index in [-0.39, 0.29) is 0 Å². The van der Waals surface area contributed by atoms with Crippen LogP contribution in [-0.4, -0.2) is 0 Å². The second-order valence-corrected chi connectivity index (χ2v) is 40.9. The molecule has 8 heterocycles. The molecule has 8 aromatic heterocycles. The van der Waals surface area contributed by atoms with Crippen LogP contribution in [0.4, 0.5) is 0 Å². The number of rotatable bonds is 36. The summed E-state index contributed by atoms with van der Waals surface area (Å²) < 4.78 is 0. The maximum absolute atomic E-state index is 2.74. The van der Waals surface area contributed by atoms with Gasteiger partial charge in [-0.25, -0.2) is 0 Å². The maximum Gasteiger partial charge on any atom is 0.0722 e. The summed E-state index contributed by atoms with van der Waals surface area (Å²) in [4.78, 5) is 22.3. The minimum Gasteiger partial charge on any atom is -0.141 e. The van der Waals surface area contributed by atoms with E-state index in [2.05, 4.69) is 250 Å². The maximum atomic E-state index is 2.74. The summed E-state index contributed by atoms with van der Waals surface area (Å²) in [5.41, 5.74) is 24.0. The number of fused-ring (bicyclic) bond motifs is 6. The third-order valence-electron chi connectivity index (χ3n) is 23.9. The van der Waals surface area contributed by atoms with Crippen LogP contribution in [0.25, 0.3) is 81.5 Å². The molecule has 0 N–H and O–H groups in total. The molecule has 0 bridgehead atoms. The highest BCUT2D eigenvalue weighted by atomic mass is 32.1. The van der Waals surface area contributed by atoms with Crippen LogP contribution in [0.1, 0.15) is 266 Å². The van der Waals surface area contributed by atoms with E-state index in [4.69, 9.17) is 0 Å². The lowest BCUT2D eigenvalue weighted by Crippen LogP contribution is -2.30. The summed E-state index contributed by atoms with van der Waals surface area (Å²) in [5.74, 6) is 0. The molecule has 5 aromatic carbocycles. The highest BCUT2D eigenvalue weighted by molar-refractivity contribution is 7.30. The Morgan fingerprint density at radius 2 is 0.655 bits per heavy atom. The molecule has 3 aliphatic carbocycles. The first-order chi connectivity index (χ1) is 54.0. The van der Waals surface area contributed by atoms with Crippen molar-refractivity contribution in [1.82, 2.24) is 0 Å². The fourth-order valence-electron chi connectivity index (χ4n) is 18.0. The number of hydrogen-bond acceptors (Lipinski definition) is 8. The summed E-state index contributed by atoms with van der Waals surface area (Å²) in [5, 5.41) is 0. The Kier molecular flexibility index (Phi) is 24.5. The van der Waals surface area contributed by atoms with E-state index in [9.17, 15) is 0 Å². The minimum absolute atomic E-state index is 0.521. The summed E-state index contributed by atoms with van der Waals surface area (Å²) in [6, 6.07) is 75.0. The van der Waals surface area contributed by atoms with Gasteiger partial charge in [0.25, 0.3) is 0 Å². The van der Waals surface area contributed by atoms with E-state index in [1.165, 1.54) is 319 Å². The quantitative estimate of drug-likeness (QED) is 0.0343. The van der Waals surface area contributed by atoms with E-state index < -0.39 is 10.8 Å². The monoisotopic (exact) mass is 1590 g/mol. The molecule has 3 aliphatic rings. The van der Waals surface area contributed by atoms with Crippen LogP contribution < -0.4 is 0 Å². The summed E-state index contributed by atoms with van der Waals surface area (Å²) in [7, 11) is 0. The van der Waals surface area contributed by atoms with E-state index in [0.29, 0.717) is 0 Å². The molecule has 0 aliphatic heterocycles. The molecule has 1 atom stereocenters. The third kappa shape index (κ3) is 15.5. The van der Waals surface area contributed by atoms with Gasteiger partial charge < -0.3 is 0 Å². The average molecular weight is 1590 g/mol. The van der Waals surface area contributed by atoms with Crippen molar-refractivity contribution in [3.8, 4) is 70.3 Å². The van der Waals surface area contributed by atoms with Gasteiger partial charge in [-0.1, -0.05) is 246 Å². The highest BCUT2D eigenvalue weighted by Crippen LogP contribution is 2.66. The van der Waals surface area contributed by atoms with Gasteiger partial charge in [0.15, 0.2) is 0 Å². The van der Waals surface area contributed by atoms with Crippen molar-refractivity contribution < 1.29 is 0 Å². The van der Waals surface area contributed by atoms with Gasteiger partial charge in [0.05, 0.1) is 15.7 Å². The predicted octanol–water partition coefficient (Wildman–Crippen LogP) is 33.6. The Bertz CT molecular complexity index is 5290. The molecular formula is C102H108S8. The van der Waals surface area contributed by atoms with Crippen molar-refractivity contribution in [3.63, 3.8) is 0 Å². The van der Waals surface area contributed by atoms with Gasteiger partial charge in [-0.2, -0.15) is 0 Å². The Hall–Kier alpha value is -6.82. The molecule has 0 saturated heterocycles. The molecule has 110 heavy (non-hydrogen) atoms. The van der Waals surface area contributed by atoms with Crippen molar-refractivity contribution in [3.05, 3.63) is 291 Å². The number of allylic oxidation sites excluding steroid dienone is 4. The zero-order chi connectivity index (χ0) is 75.3. The van der Waals surface area contributed by atoms with E-state index >= 15 is 0 Å². The topological polar surface area (TPSA) is 0 Å². The lowest BCUT2D eigenvalue weighted by Gasteiger charge is -2.35. The van der Waals surface area contributed by atoms with Crippen LogP contribution >= 0.6 is 90.7 Å². The van der Waals surface area contributed by atoms with Crippen LogP contribution in [0.5, 0.6) is 0 Å². The van der Waals surface area contributed by atoms with Gasteiger partial charge in [-0.3, -0.25) is 0 Å². The van der Waals surface area contributed by atoms with Crippen molar-refractivity contribution in [2.75, 3.05) is 0 Å². The van der Waals surface area contributed by atoms with Gasteiger partial charge in [-0.05, 0) is 265 Å². The second kappa shape index (κ2) is 34.9. The molecule has 0 fully saturated rings. The van der Waals surface area contributed by atoms with Crippen LogP contribution in [-0.2, 0) is 42.9 Å². The van der Waals surface area contributed by atoms with Crippen LogP contribution in [0, 0.1) is 20.8 Å². The number of unbranched alkanes of at least 4 members (excludes halogenated alkanes) is 15. The molecule has 564 valence electrons. The first kappa shape index (κ1) is 77.1. The van der Waals surface area contributed by atoms with E-state index in [0.717, 1.165) is 25.7 Å². The number of benzene rings is 5.